The van der Waals surface area contributed by atoms with E-state index >= 15 is 0 Å². The molecule has 0 saturated carbocycles. The van der Waals surface area contributed by atoms with Crippen molar-refractivity contribution in [1.29, 1.82) is 0 Å². The molecule has 0 aromatic rings. The molecule has 35 nitrogen and oxygen atoms in total. The van der Waals surface area contributed by atoms with Crippen molar-refractivity contribution in [2.75, 3.05) is 40.6 Å². The van der Waals surface area contributed by atoms with E-state index in [9.17, 15) is 72.9 Å². The lowest BCUT2D eigenvalue weighted by atomic mass is 9.87. The Kier molecular flexibility index (Phi) is 26.9. The number of amides is 2. The van der Waals surface area contributed by atoms with Crippen LogP contribution in [-0.4, -0.2) is 256 Å². The number of carbonyl (C=O) groups excluding carboxylic acids is 12. The van der Waals surface area contributed by atoms with Gasteiger partial charge in [-0.2, -0.15) is 0 Å². The summed E-state index contributed by atoms with van der Waals surface area (Å²) in [6.45, 7) is 6.75. The van der Waals surface area contributed by atoms with Gasteiger partial charge in [-0.25, -0.2) is 4.79 Å². The maximum absolute atomic E-state index is 14.8. The van der Waals surface area contributed by atoms with Crippen molar-refractivity contribution in [3.8, 4) is 0 Å². The first-order chi connectivity index (χ1) is 40.3. The third-order valence-corrected chi connectivity index (χ3v) is 12.9. The number of esters is 10. The van der Waals surface area contributed by atoms with Crippen LogP contribution in [0.3, 0.4) is 0 Å². The topological polar surface area (TPSA) is 456 Å². The predicted octanol–water partition coefficient (Wildman–Crippen LogP) is -4.38. The standard InChI is InChI=1S/C51H74N2O33/c1-19(55)52-35-30(74-24(6)60)14-51(50(68)70-13,85-43(35)40(76-26(8)62)32(75-25(7)61)16-71-21(3)57)86-45-41(77-27(9)63)34(18-73-23(5)59)82-49(46(45)79-29(11)65)83-39-33(17-72-22(4)58)81-47(36(53-20(2)56)42(39)78-28(10)64)84-44-38(67)37(66)31(15-54)80-48(44)69-12/h30-49,54,66-67H,14-18H2,1-13H3,(H,52,55)(H,53,56)/t30-,31+,32+,33+,34+,35+,36+,37+,38-,39+,40+,41-,42+,43+,44-,45-,46+,47-,48+,49-,51-/m0/s1. The van der Waals surface area contributed by atoms with Crippen molar-refractivity contribution in [2.45, 2.75) is 211 Å². The molecule has 4 heterocycles. The molecule has 2 amide bonds. The molecule has 4 rings (SSSR count). The van der Waals surface area contributed by atoms with Gasteiger partial charge < -0.3 is 111 Å². The number of hydrogen-bond donors (Lipinski definition) is 5. The number of aliphatic hydroxyl groups excluding tert-OH is 3. The quantitative estimate of drug-likeness (QED) is 0.0426. The second-order valence-corrected chi connectivity index (χ2v) is 19.8. The fourth-order valence-corrected chi connectivity index (χ4v) is 9.78. The van der Waals surface area contributed by atoms with E-state index < -0.39 is 233 Å². The molecule has 4 aliphatic rings. The number of aliphatic hydroxyl groups is 3. The van der Waals surface area contributed by atoms with Crippen LogP contribution in [0.25, 0.3) is 0 Å². The minimum absolute atomic E-state index is 0.803. The van der Waals surface area contributed by atoms with Crippen molar-refractivity contribution < 1.29 is 158 Å². The van der Waals surface area contributed by atoms with E-state index in [1.807, 2.05) is 0 Å². The first-order valence-corrected chi connectivity index (χ1v) is 26.4. The van der Waals surface area contributed by atoms with Gasteiger partial charge in [0.15, 0.2) is 49.4 Å². The highest BCUT2D eigenvalue weighted by atomic mass is 16.8. The molecule has 0 radical (unpaired) electrons. The Morgan fingerprint density at radius 1 is 0.512 bits per heavy atom. The summed E-state index contributed by atoms with van der Waals surface area (Å²) in [5.74, 6) is -16.2. The van der Waals surface area contributed by atoms with Gasteiger partial charge in [0.1, 0.15) is 86.9 Å². The third-order valence-electron chi connectivity index (χ3n) is 12.9. The summed E-state index contributed by atoms with van der Waals surface area (Å²) >= 11 is 0. The lowest BCUT2D eigenvalue weighted by molar-refractivity contribution is -0.388. The number of rotatable bonds is 25. The summed E-state index contributed by atoms with van der Waals surface area (Å²) in [5.41, 5.74) is 0. The van der Waals surface area contributed by atoms with Crippen molar-refractivity contribution in [2.24, 2.45) is 0 Å². The molecule has 0 unspecified atom stereocenters. The molecule has 0 aromatic carbocycles. The second-order valence-electron chi connectivity index (χ2n) is 19.8. The minimum atomic E-state index is -3.21. The molecule has 4 fully saturated rings. The summed E-state index contributed by atoms with van der Waals surface area (Å²) in [6.07, 6.45) is -36.3. The molecule has 0 aromatic heterocycles. The summed E-state index contributed by atoms with van der Waals surface area (Å²) < 4.78 is 105. The van der Waals surface area contributed by atoms with Crippen molar-refractivity contribution >= 4 is 71.5 Å². The molecular formula is C51H74N2O33. The van der Waals surface area contributed by atoms with Crippen LogP contribution in [-0.2, 0) is 143 Å². The number of carbonyl (C=O) groups is 12. The van der Waals surface area contributed by atoms with Gasteiger partial charge in [-0.15, -0.1) is 0 Å². The zero-order chi connectivity index (χ0) is 64.7. The zero-order valence-electron chi connectivity index (χ0n) is 49.2. The minimum Gasteiger partial charge on any atom is -0.465 e. The molecule has 486 valence electrons. The van der Waals surface area contributed by atoms with Gasteiger partial charge in [0.05, 0.1) is 26.2 Å². The van der Waals surface area contributed by atoms with E-state index in [2.05, 4.69) is 10.6 Å². The fourth-order valence-electron chi connectivity index (χ4n) is 9.78. The number of methoxy groups -OCH3 is 2. The van der Waals surface area contributed by atoms with Crippen molar-refractivity contribution in [1.82, 2.24) is 10.6 Å². The number of ether oxygens (including phenoxy) is 18. The van der Waals surface area contributed by atoms with Gasteiger partial charge in [0.25, 0.3) is 5.79 Å². The van der Waals surface area contributed by atoms with Crippen molar-refractivity contribution in [3.63, 3.8) is 0 Å². The molecule has 4 aliphatic heterocycles. The van der Waals surface area contributed by atoms with E-state index in [4.69, 9.17) is 85.3 Å². The first-order valence-electron chi connectivity index (χ1n) is 26.4. The normalized spacial score (nSPS) is 33.1. The largest absolute Gasteiger partial charge is 0.465 e. The average Bonchev–Trinajstić information content (AvgIpc) is 0.879. The van der Waals surface area contributed by atoms with Gasteiger partial charge in [-0.3, -0.25) is 52.7 Å². The highest BCUT2D eigenvalue weighted by Gasteiger charge is 2.64. The second kappa shape index (κ2) is 32.3. The smallest absolute Gasteiger partial charge is 0.366 e. The van der Waals surface area contributed by atoms with Crippen LogP contribution < -0.4 is 10.6 Å². The van der Waals surface area contributed by atoms with Crippen LogP contribution in [0.15, 0.2) is 0 Å². The summed E-state index contributed by atoms with van der Waals surface area (Å²) in [7, 11) is 1.92. The van der Waals surface area contributed by atoms with Crippen LogP contribution >= 0.6 is 0 Å². The highest BCUT2D eigenvalue weighted by Crippen LogP contribution is 2.43. The Morgan fingerprint density at radius 3 is 1.49 bits per heavy atom. The number of hydrogen-bond acceptors (Lipinski definition) is 33. The Morgan fingerprint density at radius 2 is 1.00 bits per heavy atom. The summed E-state index contributed by atoms with van der Waals surface area (Å²) in [6, 6.07) is -3.55. The highest BCUT2D eigenvalue weighted by molar-refractivity contribution is 5.79. The molecule has 86 heavy (non-hydrogen) atoms. The van der Waals surface area contributed by atoms with E-state index in [-0.39, 0.29) is 0 Å². The molecule has 4 saturated heterocycles. The van der Waals surface area contributed by atoms with Gasteiger partial charge in [0, 0.05) is 83.3 Å². The Bertz CT molecular complexity index is 2440. The molecule has 21 atom stereocenters. The molecule has 0 bridgehead atoms. The Hall–Kier alpha value is -6.80. The zero-order valence-corrected chi connectivity index (χ0v) is 49.2. The maximum Gasteiger partial charge on any atom is 0.366 e. The van der Waals surface area contributed by atoms with Crippen LogP contribution in [0.5, 0.6) is 0 Å². The Balaban J connectivity index is 2.09. The SMILES string of the molecule is COC(=O)[C@@]1(O[C@H]2[C@@H](OC(C)=O)[C@@H](COC(C)=O)O[C@@H](O[C@H]3[C@H](OC(C)=O)[C@@H](NC(C)=O)[C@H](O[C@@H]4[C@H](OC)O[C@H](CO)[C@@H](O)[C@@H]4O)O[C@@H]3COC(C)=O)[C@@H]2OC(C)=O)C[C@H](OC(C)=O)[C@@H](NC(C)=O)[C@H]([C@H](OC(C)=O)[C@@H](COC(C)=O)OC(C)=O)O1. The van der Waals surface area contributed by atoms with Gasteiger partial charge in [-0.1, -0.05) is 0 Å². The molecule has 0 spiro atoms. The molecule has 5 N–H and O–H groups in total. The van der Waals surface area contributed by atoms with Crippen molar-refractivity contribution in [3.05, 3.63) is 0 Å². The molecular weight excluding hydrogens is 1170 g/mol. The maximum atomic E-state index is 14.8. The molecule has 35 heteroatoms. The third kappa shape index (κ3) is 19.6. The lowest BCUT2D eigenvalue weighted by Gasteiger charge is -2.52. The molecule has 0 aliphatic carbocycles. The van der Waals surface area contributed by atoms with E-state index in [1.165, 1.54) is 0 Å². The van der Waals surface area contributed by atoms with E-state index in [0.717, 1.165) is 90.4 Å². The van der Waals surface area contributed by atoms with Crippen LogP contribution in [0, 0.1) is 0 Å². The Labute approximate surface area is 490 Å². The lowest BCUT2D eigenvalue weighted by Crippen LogP contribution is -2.72. The van der Waals surface area contributed by atoms with Crippen LogP contribution in [0.2, 0.25) is 0 Å². The van der Waals surface area contributed by atoms with E-state index in [1.54, 1.807) is 0 Å². The number of nitrogens with one attached hydrogen (secondary N) is 2. The van der Waals surface area contributed by atoms with Crippen LogP contribution in [0.1, 0.15) is 82.6 Å². The monoisotopic (exact) mass is 1240 g/mol. The summed E-state index contributed by atoms with van der Waals surface area (Å²) in [5, 5.41) is 37.0. The van der Waals surface area contributed by atoms with Gasteiger partial charge >= 0.3 is 59.7 Å². The van der Waals surface area contributed by atoms with Gasteiger partial charge in [0.2, 0.25) is 11.8 Å². The van der Waals surface area contributed by atoms with Crippen LogP contribution in [0.4, 0.5) is 0 Å². The van der Waals surface area contributed by atoms with Gasteiger partial charge in [-0.05, 0) is 0 Å². The average molecular weight is 1240 g/mol. The van der Waals surface area contributed by atoms with E-state index in [0.29, 0.717) is 0 Å². The fraction of sp³-hybridized carbons (Fsp3) is 0.765. The predicted molar refractivity (Wildman–Crippen MR) is 269 cm³/mol. The summed E-state index contributed by atoms with van der Waals surface area (Å²) in [4.78, 5) is 157. The first kappa shape index (κ1) is 71.7.